The molecule has 0 aliphatic rings. The van der Waals surface area contributed by atoms with Gasteiger partial charge in [-0.1, -0.05) is 23.2 Å². The van der Waals surface area contributed by atoms with E-state index in [1.54, 1.807) is 18.2 Å². The Kier molecular flexibility index (Phi) is 4.23. The molecule has 68 valence electrons. The lowest BCUT2D eigenvalue weighted by atomic mass is 10.3. The van der Waals surface area contributed by atoms with Gasteiger partial charge in [-0.05, 0) is 23.9 Å². The molecule has 0 fully saturated rings. The molecule has 1 rings (SSSR count). The van der Waals surface area contributed by atoms with Crippen molar-refractivity contribution in [3.63, 3.8) is 0 Å². The zero-order valence-corrected chi connectivity index (χ0v) is 8.79. The summed E-state index contributed by atoms with van der Waals surface area (Å²) >= 11 is 12.5. The van der Waals surface area contributed by atoms with Gasteiger partial charge in [0.15, 0.2) is 0 Å². The number of hydrogen-bond donors (Lipinski definition) is 0. The van der Waals surface area contributed by atoms with Crippen molar-refractivity contribution in [2.75, 3.05) is 5.94 Å². The number of benzene rings is 1. The van der Waals surface area contributed by atoms with Crippen LogP contribution in [0.25, 0.3) is 0 Å². The highest BCUT2D eigenvalue weighted by Crippen LogP contribution is 2.28. The van der Waals surface area contributed by atoms with Gasteiger partial charge in [-0.25, -0.2) is 0 Å². The van der Waals surface area contributed by atoms with Gasteiger partial charge in [-0.15, -0.1) is 0 Å². The Bertz CT molecular complexity index is 337. The Hall–Kier alpha value is -0.560. The van der Waals surface area contributed by atoms with Gasteiger partial charge in [-0.2, -0.15) is 5.26 Å². The van der Waals surface area contributed by atoms with Crippen LogP contribution in [0.4, 0.5) is 0 Å². The fourth-order valence-electron chi connectivity index (χ4n) is 0.707. The third kappa shape index (κ3) is 3.35. The minimum Gasteiger partial charge on any atom is -0.480 e. The highest BCUT2D eigenvalue weighted by Gasteiger charge is 2.01. The van der Waals surface area contributed by atoms with Gasteiger partial charge in [0.05, 0.1) is 5.02 Å². The summed E-state index contributed by atoms with van der Waals surface area (Å²) < 4.78 is 5.18. The van der Waals surface area contributed by atoms with Gasteiger partial charge in [0.2, 0.25) is 0 Å². The van der Waals surface area contributed by atoms with Crippen LogP contribution in [0.3, 0.4) is 0 Å². The molecule has 0 saturated heterocycles. The highest BCUT2D eigenvalue weighted by molar-refractivity contribution is 8.03. The Morgan fingerprint density at radius 1 is 1.46 bits per heavy atom. The minimum absolute atomic E-state index is 0.247. The SMILES string of the molecule is N#CSCOc1cc(Cl)ccc1Cl. The van der Waals surface area contributed by atoms with Crippen LogP contribution < -0.4 is 4.74 Å². The van der Waals surface area contributed by atoms with Crippen LogP contribution in [-0.2, 0) is 0 Å². The number of nitrogens with zero attached hydrogens (tertiary/aromatic N) is 1. The van der Waals surface area contributed by atoms with Crippen molar-refractivity contribution in [1.29, 1.82) is 5.26 Å². The molecule has 0 amide bonds. The van der Waals surface area contributed by atoms with Crippen LogP contribution in [0.15, 0.2) is 18.2 Å². The van der Waals surface area contributed by atoms with E-state index in [-0.39, 0.29) is 5.94 Å². The summed E-state index contributed by atoms with van der Waals surface area (Å²) in [5.74, 6) is 0.744. The highest BCUT2D eigenvalue weighted by atomic mass is 35.5. The molecule has 0 heterocycles. The van der Waals surface area contributed by atoms with Crippen molar-refractivity contribution in [2.45, 2.75) is 0 Å². The first-order valence-corrected chi connectivity index (χ1v) is 5.07. The molecule has 0 atom stereocenters. The summed E-state index contributed by atoms with van der Waals surface area (Å²) in [7, 11) is 0. The van der Waals surface area contributed by atoms with Crippen LogP contribution in [0, 0.1) is 10.7 Å². The monoisotopic (exact) mass is 233 g/mol. The molecule has 0 aliphatic carbocycles. The second kappa shape index (κ2) is 5.23. The lowest BCUT2D eigenvalue weighted by Crippen LogP contribution is -1.91. The molecule has 0 radical (unpaired) electrons. The third-order valence-electron chi connectivity index (χ3n) is 1.23. The van der Waals surface area contributed by atoms with Gasteiger partial charge in [0, 0.05) is 11.1 Å². The van der Waals surface area contributed by atoms with Crippen molar-refractivity contribution in [3.8, 4) is 11.2 Å². The summed E-state index contributed by atoms with van der Waals surface area (Å²) in [5, 5.41) is 11.2. The predicted octanol–water partition coefficient (Wildman–Crippen LogP) is 3.54. The van der Waals surface area contributed by atoms with Crippen LogP contribution in [0.1, 0.15) is 0 Å². The van der Waals surface area contributed by atoms with E-state index < -0.39 is 0 Å². The molecule has 5 heteroatoms. The number of nitriles is 1. The zero-order valence-electron chi connectivity index (χ0n) is 6.46. The molecule has 0 bridgehead atoms. The minimum atomic E-state index is 0.247. The maximum Gasteiger partial charge on any atom is 0.148 e. The third-order valence-corrected chi connectivity index (χ3v) is 2.14. The van der Waals surface area contributed by atoms with Crippen molar-refractivity contribution < 1.29 is 4.74 Å². The number of thioether (sulfide) groups is 1. The molecule has 2 nitrogen and oxygen atoms in total. The average molecular weight is 234 g/mol. The summed E-state index contributed by atoms with van der Waals surface area (Å²) in [4.78, 5) is 0. The standard InChI is InChI=1S/C8H5Cl2NOS/c9-6-1-2-7(10)8(3-6)12-5-13-4-11/h1-3H,5H2. The summed E-state index contributed by atoms with van der Waals surface area (Å²) in [6.45, 7) is 0. The molecule has 0 spiro atoms. The van der Waals surface area contributed by atoms with Crippen LogP contribution in [0.5, 0.6) is 5.75 Å². The fourth-order valence-corrected chi connectivity index (χ4v) is 1.28. The number of hydrogen-bond acceptors (Lipinski definition) is 3. The van der Waals surface area contributed by atoms with Crippen molar-refractivity contribution in [3.05, 3.63) is 28.2 Å². The van der Waals surface area contributed by atoms with Gasteiger partial charge in [-0.3, -0.25) is 0 Å². The Morgan fingerprint density at radius 3 is 2.92 bits per heavy atom. The number of thiocyanates is 1. The van der Waals surface area contributed by atoms with Crippen molar-refractivity contribution >= 4 is 35.0 Å². The molecule has 0 saturated carbocycles. The smallest absolute Gasteiger partial charge is 0.148 e. The van der Waals surface area contributed by atoms with Crippen molar-refractivity contribution in [1.82, 2.24) is 0 Å². The number of halogens is 2. The summed E-state index contributed by atoms with van der Waals surface area (Å²) in [6, 6.07) is 4.94. The van der Waals surface area contributed by atoms with E-state index in [9.17, 15) is 0 Å². The second-order valence-corrected chi connectivity index (χ2v) is 3.62. The zero-order chi connectivity index (χ0) is 9.68. The van der Waals surface area contributed by atoms with E-state index in [0.717, 1.165) is 11.8 Å². The second-order valence-electron chi connectivity index (χ2n) is 2.07. The van der Waals surface area contributed by atoms with E-state index in [2.05, 4.69) is 0 Å². The van der Waals surface area contributed by atoms with Crippen molar-refractivity contribution in [2.24, 2.45) is 0 Å². The first-order chi connectivity index (χ1) is 6.24. The first-order valence-electron chi connectivity index (χ1n) is 3.33. The van der Waals surface area contributed by atoms with Gasteiger partial charge in [0.1, 0.15) is 17.1 Å². The fraction of sp³-hybridized carbons (Fsp3) is 0.125. The topological polar surface area (TPSA) is 33.0 Å². The molecular weight excluding hydrogens is 229 g/mol. The summed E-state index contributed by atoms with van der Waals surface area (Å²) in [6.07, 6.45) is 0. The molecule has 13 heavy (non-hydrogen) atoms. The quantitative estimate of drug-likeness (QED) is 0.455. The molecule has 1 aromatic rings. The Labute approximate surface area is 90.4 Å². The Morgan fingerprint density at radius 2 is 2.23 bits per heavy atom. The summed E-state index contributed by atoms with van der Waals surface area (Å²) in [5.41, 5.74) is 0. The van der Waals surface area contributed by atoms with E-state index in [1.807, 2.05) is 5.40 Å². The number of rotatable bonds is 3. The van der Waals surface area contributed by atoms with E-state index in [1.165, 1.54) is 0 Å². The predicted molar refractivity (Wildman–Crippen MR) is 55.2 cm³/mol. The van der Waals surface area contributed by atoms with E-state index in [4.69, 9.17) is 33.2 Å². The van der Waals surface area contributed by atoms with E-state index >= 15 is 0 Å². The van der Waals surface area contributed by atoms with Crippen LogP contribution in [0.2, 0.25) is 10.0 Å². The van der Waals surface area contributed by atoms with Crippen LogP contribution >= 0.6 is 35.0 Å². The molecule has 0 unspecified atom stereocenters. The Balaban J connectivity index is 2.65. The largest absolute Gasteiger partial charge is 0.480 e. The maximum atomic E-state index is 8.24. The molecular formula is C8H5Cl2NOS. The lowest BCUT2D eigenvalue weighted by molar-refractivity contribution is 0.394. The lowest BCUT2D eigenvalue weighted by Gasteiger charge is -2.04. The average Bonchev–Trinajstić information content (AvgIpc) is 2.11. The van der Waals surface area contributed by atoms with Gasteiger partial charge < -0.3 is 4.74 Å². The molecule has 0 aromatic heterocycles. The molecule has 1 aromatic carbocycles. The number of ether oxygens (including phenoxy) is 1. The molecule has 0 N–H and O–H groups in total. The molecule has 0 aliphatic heterocycles. The van der Waals surface area contributed by atoms with E-state index in [0.29, 0.717) is 15.8 Å². The van der Waals surface area contributed by atoms with Gasteiger partial charge >= 0.3 is 0 Å². The van der Waals surface area contributed by atoms with Crippen LogP contribution in [-0.4, -0.2) is 5.94 Å². The van der Waals surface area contributed by atoms with Gasteiger partial charge in [0.25, 0.3) is 0 Å². The first kappa shape index (κ1) is 10.5. The maximum absolute atomic E-state index is 8.24. The normalized spacial score (nSPS) is 9.31.